The maximum Gasteiger partial charge on any atom is 0.167 e. The van der Waals surface area contributed by atoms with Crippen molar-refractivity contribution in [1.29, 1.82) is 0 Å². The molecule has 0 unspecified atom stereocenters. The molecule has 0 aliphatic carbocycles. The molecule has 1 aromatic carbocycles. The minimum absolute atomic E-state index is 0.345. The van der Waals surface area contributed by atoms with Gasteiger partial charge in [0.2, 0.25) is 0 Å². The van der Waals surface area contributed by atoms with Crippen LogP contribution < -0.4 is 20.1 Å². The van der Waals surface area contributed by atoms with Crippen LogP contribution in [-0.2, 0) is 24.3 Å². The van der Waals surface area contributed by atoms with Gasteiger partial charge in [-0.05, 0) is 25.7 Å². The first-order valence-corrected chi connectivity index (χ1v) is 6.68. The summed E-state index contributed by atoms with van der Waals surface area (Å²) < 4.78 is 17.2. The first kappa shape index (κ1) is 12.6. The second-order valence-corrected chi connectivity index (χ2v) is 4.84. The molecule has 5 nitrogen and oxygen atoms in total. The average Bonchev–Trinajstić information content (AvgIpc) is 2.47. The summed E-state index contributed by atoms with van der Waals surface area (Å²) in [5.74, 6) is 7.83. The van der Waals surface area contributed by atoms with E-state index in [2.05, 4.69) is 0 Å². The Hall–Kier alpha value is -1.46. The van der Waals surface area contributed by atoms with Gasteiger partial charge in [-0.3, -0.25) is 4.84 Å². The van der Waals surface area contributed by atoms with Gasteiger partial charge in [0.1, 0.15) is 5.75 Å². The number of ether oxygens (including phenoxy) is 3. The van der Waals surface area contributed by atoms with Crippen molar-refractivity contribution in [1.82, 2.24) is 0 Å². The zero-order chi connectivity index (χ0) is 13.2. The van der Waals surface area contributed by atoms with E-state index in [1.54, 1.807) is 7.11 Å². The SMILES string of the molecule is COc1c2c(c(CON)c3c1OCCC3)OCCC2. The van der Waals surface area contributed by atoms with E-state index < -0.39 is 0 Å². The molecular weight excluding hydrogens is 246 g/mol. The average molecular weight is 265 g/mol. The summed E-state index contributed by atoms with van der Waals surface area (Å²) in [6.07, 6.45) is 3.87. The Bertz CT molecular complexity index is 450. The molecule has 19 heavy (non-hydrogen) atoms. The fraction of sp³-hybridized carbons (Fsp3) is 0.571. The van der Waals surface area contributed by atoms with Gasteiger partial charge in [0, 0.05) is 16.7 Å². The van der Waals surface area contributed by atoms with Gasteiger partial charge >= 0.3 is 0 Å². The summed E-state index contributed by atoms with van der Waals surface area (Å²) >= 11 is 0. The molecule has 2 N–H and O–H groups in total. The molecule has 0 saturated carbocycles. The third-order valence-corrected chi connectivity index (χ3v) is 3.73. The number of fused-ring (bicyclic) bond motifs is 2. The zero-order valence-electron chi connectivity index (χ0n) is 11.2. The maximum atomic E-state index is 5.84. The lowest BCUT2D eigenvalue weighted by Crippen LogP contribution is -2.19. The fourth-order valence-electron chi connectivity index (χ4n) is 2.95. The predicted molar refractivity (Wildman–Crippen MR) is 69.6 cm³/mol. The summed E-state index contributed by atoms with van der Waals surface area (Å²) in [5, 5.41) is 0. The molecule has 3 rings (SSSR count). The highest BCUT2D eigenvalue weighted by Gasteiger charge is 2.29. The number of rotatable bonds is 3. The van der Waals surface area contributed by atoms with Crippen LogP contribution in [-0.4, -0.2) is 20.3 Å². The summed E-state index contributed by atoms with van der Waals surface area (Å²) in [6, 6.07) is 0. The predicted octanol–water partition coefficient (Wildman–Crippen LogP) is 1.74. The van der Waals surface area contributed by atoms with Crippen LogP contribution >= 0.6 is 0 Å². The van der Waals surface area contributed by atoms with Gasteiger partial charge in [0.25, 0.3) is 0 Å². The minimum Gasteiger partial charge on any atom is -0.493 e. The molecular formula is C14H19NO4. The maximum absolute atomic E-state index is 5.84. The summed E-state index contributed by atoms with van der Waals surface area (Å²) in [7, 11) is 1.68. The topological polar surface area (TPSA) is 62.9 Å². The van der Waals surface area contributed by atoms with E-state index >= 15 is 0 Å². The first-order chi connectivity index (χ1) is 9.36. The molecule has 104 valence electrons. The number of hydrogen-bond acceptors (Lipinski definition) is 5. The summed E-state index contributed by atoms with van der Waals surface area (Å²) in [4.78, 5) is 4.86. The molecule has 0 amide bonds. The molecule has 0 fully saturated rings. The Morgan fingerprint density at radius 3 is 2.42 bits per heavy atom. The third-order valence-electron chi connectivity index (χ3n) is 3.73. The Morgan fingerprint density at radius 2 is 1.74 bits per heavy atom. The highest BCUT2D eigenvalue weighted by Crippen LogP contribution is 2.48. The van der Waals surface area contributed by atoms with Crippen LogP contribution in [0.25, 0.3) is 0 Å². The van der Waals surface area contributed by atoms with Crippen LogP contribution in [0.3, 0.4) is 0 Å². The van der Waals surface area contributed by atoms with Crippen LogP contribution in [0.1, 0.15) is 29.5 Å². The smallest absolute Gasteiger partial charge is 0.167 e. The van der Waals surface area contributed by atoms with Gasteiger partial charge in [-0.1, -0.05) is 0 Å². The van der Waals surface area contributed by atoms with Gasteiger partial charge in [-0.25, -0.2) is 5.90 Å². The lowest BCUT2D eigenvalue weighted by Gasteiger charge is -2.29. The van der Waals surface area contributed by atoms with E-state index in [-0.39, 0.29) is 0 Å². The van der Waals surface area contributed by atoms with Crippen molar-refractivity contribution in [3.63, 3.8) is 0 Å². The Kier molecular flexibility index (Phi) is 3.48. The fourth-order valence-corrected chi connectivity index (χ4v) is 2.95. The zero-order valence-corrected chi connectivity index (χ0v) is 11.2. The molecule has 0 saturated heterocycles. The van der Waals surface area contributed by atoms with E-state index in [4.69, 9.17) is 24.9 Å². The van der Waals surface area contributed by atoms with Crippen molar-refractivity contribution in [3.05, 3.63) is 16.7 Å². The molecule has 2 aliphatic rings. The molecule has 0 radical (unpaired) electrons. The van der Waals surface area contributed by atoms with Crippen molar-refractivity contribution in [2.24, 2.45) is 5.90 Å². The number of hydrogen-bond donors (Lipinski definition) is 1. The van der Waals surface area contributed by atoms with Crippen LogP contribution in [0.4, 0.5) is 0 Å². The normalized spacial score (nSPS) is 16.9. The molecule has 0 atom stereocenters. The van der Waals surface area contributed by atoms with Crippen molar-refractivity contribution < 1.29 is 19.0 Å². The standard InChI is InChI=1S/C14H19NO4/c1-16-13-10-5-3-6-17-12(10)11(8-19-15)9-4-2-7-18-14(9)13/h2-8,15H2,1H3. The quantitative estimate of drug-likeness (QED) is 0.843. The highest BCUT2D eigenvalue weighted by molar-refractivity contribution is 5.64. The van der Waals surface area contributed by atoms with Crippen molar-refractivity contribution >= 4 is 0 Å². The van der Waals surface area contributed by atoms with Crippen molar-refractivity contribution in [2.45, 2.75) is 32.3 Å². The molecule has 0 aromatic heterocycles. The molecule has 2 aliphatic heterocycles. The number of methoxy groups -OCH3 is 1. The molecule has 5 heteroatoms. The third kappa shape index (κ3) is 2.03. The van der Waals surface area contributed by atoms with Crippen LogP contribution in [0, 0.1) is 0 Å². The van der Waals surface area contributed by atoms with E-state index in [9.17, 15) is 0 Å². The van der Waals surface area contributed by atoms with Gasteiger partial charge in [-0.2, -0.15) is 0 Å². The Labute approximate surface area is 112 Å². The first-order valence-electron chi connectivity index (χ1n) is 6.68. The van der Waals surface area contributed by atoms with Crippen LogP contribution in [0.2, 0.25) is 0 Å². The van der Waals surface area contributed by atoms with Crippen molar-refractivity contribution in [2.75, 3.05) is 20.3 Å². The molecule has 0 spiro atoms. The van der Waals surface area contributed by atoms with E-state index in [1.165, 1.54) is 0 Å². The number of nitrogens with two attached hydrogens (primary N) is 1. The molecule has 2 heterocycles. The van der Waals surface area contributed by atoms with Crippen molar-refractivity contribution in [3.8, 4) is 17.2 Å². The van der Waals surface area contributed by atoms with Crippen LogP contribution in [0.5, 0.6) is 17.2 Å². The van der Waals surface area contributed by atoms with Gasteiger partial charge in [0.05, 0.1) is 26.9 Å². The molecule has 1 aromatic rings. The van der Waals surface area contributed by atoms with Crippen LogP contribution in [0.15, 0.2) is 0 Å². The second-order valence-electron chi connectivity index (χ2n) is 4.84. The largest absolute Gasteiger partial charge is 0.493 e. The highest BCUT2D eigenvalue weighted by atomic mass is 16.6. The lowest BCUT2D eigenvalue weighted by molar-refractivity contribution is 0.118. The van der Waals surface area contributed by atoms with E-state index in [1.807, 2.05) is 0 Å². The van der Waals surface area contributed by atoms with E-state index in [0.29, 0.717) is 6.61 Å². The molecule has 0 bridgehead atoms. The van der Waals surface area contributed by atoms with Gasteiger partial charge in [0.15, 0.2) is 11.5 Å². The summed E-state index contributed by atoms with van der Waals surface area (Å²) in [5.41, 5.74) is 3.23. The summed E-state index contributed by atoms with van der Waals surface area (Å²) in [6.45, 7) is 1.80. The number of benzene rings is 1. The minimum atomic E-state index is 0.345. The second kappa shape index (κ2) is 5.27. The lowest BCUT2D eigenvalue weighted by atomic mass is 9.92. The Morgan fingerprint density at radius 1 is 1.05 bits per heavy atom. The Balaban J connectivity index is 2.22. The van der Waals surface area contributed by atoms with Gasteiger partial charge in [-0.15, -0.1) is 0 Å². The monoisotopic (exact) mass is 265 g/mol. The van der Waals surface area contributed by atoms with Gasteiger partial charge < -0.3 is 14.2 Å². The van der Waals surface area contributed by atoms with E-state index in [0.717, 1.165) is 72.8 Å².